The first-order chi connectivity index (χ1) is 7.02. The van der Waals surface area contributed by atoms with Gasteiger partial charge in [-0.2, -0.15) is 5.26 Å². The third kappa shape index (κ3) is 2.57. The van der Waals surface area contributed by atoms with E-state index in [0.29, 0.717) is 0 Å². The summed E-state index contributed by atoms with van der Waals surface area (Å²) in [5.74, 6) is 0.985. The van der Waals surface area contributed by atoms with Crippen LogP contribution in [0.1, 0.15) is 32.1 Å². The number of nitrogens with zero attached hydrogens (tertiary/aromatic N) is 3. The first-order valence-corrected chi connectivity index (χ1v) is 5.12. The van der Waals surface area contributed by atoms with Crippen molar-refractivity contribution >= 4 is 0 Å². The number of nitriles is 1. The van der Waals surface area contributed by atoms with Crippen LogP contribution in [0.5, 0.6) is 0 Å². The Morgan fingerprint density at radius 1 is 1.73 bits per heavy atom. The van der Waals surface area contributed by atoms with Gasteiger partial charge in [0.05, 0.1) is 6.07 Å². The van der Waals surface area contributed by atoms with E-state index < -0.39 is 5.54 Å². The molecule has 0 saturated carbocycles. The number of aryl methyl sites for hydroxylation is 1. The Morgan fingerprint density at radius 3 is 2.80 bits per heavy atom. The van der Waals surface area contributed by atoms with Gasteiger partial charge in [-0.1, -0.05) is 0 Å². The molecule has 15 heavy (non-hydrogen) atoms. The van der Waals surface area contributed by atoms with E-state index in [0.717, 1.165) is 12.2 Å². The maximum absolute atomic E-state index is 9.06. The number of aromatic nitrogens is 2. The number of hydrogen-bond acceptors (Lipinski definition) is 3. The van der Waals surface area contributed by atoms with Gasteiger partial charge in [0.25, 0.3) is 0 Å². The minimum atomic E-state index is -0.476. The summed E-state index contributed by atoms with van der Waals surface area (Å²) in [5, 5.41) is 12.1. The molecule has 0 bridgehead atoms. The van der Waals surface area contributed by atoms with E-state index in [1.54, 1.807) is 6.20 Å². The van der Waals surface area contributed by atoms with Crippen LogP contribution in [-0.4, -0.2) is 22.1 Å². The molecule has 1 aromatic rings. The molecule has 1 N–H and O–H groups in total. The van der Waals surface area contributed by atoms with Crippen LogP contribution in [-0.2, 0) is 0 Å². The molecule has 0 aliphatic rings. The lowest BCUT2D eigenvalue weighted by molar-refractivity contribution is 0.364. The highest BCUT2D eigenvalue weighted by atomic mass is 15.1. The second-order valence-electron chi connectivity index (χ2n) is 4.13. The topological polar surface area (TPSA) is 53.6 Å². The van der Waals surface area contributed by atoms with E-state index >= 15 is 0 Å². The van der Waals surface area contributed by atoms with E-state index in [1.807, 2.05) is 27.1 Å². The van der Waals surface area contributed by atoms with Gasteiger partial charge in [0.1, 0.15) is 11.4 Å². The van der Waals surface area contributed by atoms with Crippen LogP contribution < -0.4 is 5.32 Å². The molecule has 1 heterocycles. The molecule has 1 rings (SSSR count). The van der Waals surface area contributed by atoms with Crippen molar-refractivity contribution in [2.24, 2.45) is 0 Å². The minimum absolute atomic E-state index is 0.268. The molecule has 0 amide bonds. The van der Waals surface area contributed by atoms with Crippen molar-refractivity contribution in [3.8, 4) is 6.07 Å². The smallest absolute Gasteiger partial charge is 0.105 e. The van der Waals surface area contributed by atoms with Crippen molar-refractivity contribution in [1.29, 1.82) is 5.26 Å². The zero-order chi connectivity index (χ0) is 11.5. The number of imidazole rings is 1. The molecule has 0 radical (unpaired) electrons. The Kier molecular flexibility index (Phi) is 3.48. The Balaban J connectivity index is 2.76. The third-order valence-electron chi connectivity index (χ3n) is 2.84. The van der Waals surface area contributed by atoms with Gasteiger partial charge in [0.2, 0.25) is 0 Å². The van der Waals surface area contributed by atoms with Crippen molar-refractivity contribution in [2.75, 3.05) is 7.05 Å². The van der Waals surface area contributed by atoms with Crippen molar-refractivity contribution in [2.45, 2.75) is 38.8 Å². The highest BCUT2D eigenvalue weighted by molar-refractivity contribution is 5.05. The van der Waals surface area contributed by atoms with Crippen molar-refractivity contribution in [1.82, 2.24) is 14.9 Å². The van der Waals surface area contributed by atoms with Gasteiger partial charge in [-0.15, -0.1) is 0 Å². The van der Waals surface area contributed by atoms with Crippen LogP contribution in [0, 0.1) is 18.3 Å². The Labute approximate surface area is 90.9 Å². The van der Waals surface area contributed by atoms with E-state index in [4.69, 9.17) is 5.26 Å². The lowest BCUT2D eigenvalue weighted by atomic mass is 9.95. The highest BCUT2D eigenvalue weighted by Crippen LogP contribution is 2.20. The van der Waals surface area contributed by atoms with Crippen molar-refractivity contribution in [3.05, 3.63) is 18.2 Å². The standard InChI is InChI=1S/C11H18N4/c1-9(7-11(3,8-12)13-4)15-6-5-14-10(15)2/h5-6,9,13H,7H2,1-4H3. The molecule has 0 saturated heterocycles. The summed E-state index contributed by atoms with van der Waals surface area (Å²) in [6.45, 7) is 5.98. The summed E-state index contributed by atoms with van der Waals surface area (Å²) in [6, 6.07) is 2.56. The predicted molar refractivity (Wildman–Crippen MR) is 59.4 cm³/mol. The third-order valence-corrected chi connectivity index (χ3v) is 2.84. The van der Waals surface area contributed by atoms with Gasteiger partial charge in [0, 0.05) is 18.4 Å². The van der Waals surface area contributed by atoms with Gasteiger partial charge < -0.3 is 9.88 Å². The fraction of sp³-hybridized carbons (Fsp3) is 0.636. The predicted octanol–water partition coefficient (Wildman–Crippen LogP) is 1.64. The van der Waals surface area contributed by atoms with Crippen LogP contribution in [0.2, 0.25) is 0 Å². The van der Waals surface area contributed by atoms with E-state index in [2.05, 4.69) is 27.9 Å². The van der Waals surface area contributed by atoms with Gasteiger partial charge in [-0.25, -0.2) is 4.98 Å². The molecule has 1 aromatic heterocycles. The van der Waals surface area contributed by atoms with E-state index in [-0.39, 0.29) is 6.04 Å². The van der Waals surface area contributed by atoms with Gasteiger partial charge >= 0.3 is 0 Å². The molecule has 0 spiro atoms. The molecule has 0 aliphatic carbocycles. The molecule has 2 unspecified atom stereocenters. The average molecular weight is 206 g/mol. The summed E-state index contributed by atoms with van der Waals surface area (Å²) in [5.41, 5.74) is -0.476. The Morgan fingerprint density at radius 2 is 2.40 bits per heavy atom. The molecule has 0 aromatic carbocycles. The molecule has 4 nitrogen and oxygen atoms in total. The van der Waals surface area contributed by atoms with Gasteiger partial charge in [-0.3, -0.25) is 0 Å². The van der Waals surface area contributed by atoms with Crippen molar-refractivity contribution in [3.63, 3.8) is 0 Å². The molecule has 0 fully saturated rings. The molecule has 0 aliphatic heterocycles. The van der Waals surface area contributed by atoms with E-state index in [1.165, 1.54) is 0 Å². The maximum atomic E-state index is 9.06. The summed E-state index contributed by atoms with van der Waals surface area (Å²) >= 11 is 0. The fourth-order valence-electron chi connectivity index (χ4n) is 1.75. The number of hydrogen-bond donors (Lipinski definition) is 1. The highest BCUT2D eigenvalue weighted by Gasteiger charge is 2.25. The quantitative estimate of drug-likeness (QED) is 0.814. The SMILES string of the molecule is CNC(C)(C#N)CC(C)n1ccnc1C. The summed E-state index contributed by atoms with van der Waals surface area (Å²) in [4.78, 5) is 4.18. The Bertz CT molecular complexity index is 363. The second-order valence-corrected chi connectivity index (χ2v) is 4.13. The lowest BCUT2D eigenvalue weighted by Gasteiger charge is -2.26. The minimum Gasteiger partial charge on any atom is -0.332 e. The van der Waals surface area contributed by atoms with Crippen LogP contribution in [0.3, 0.4) is 0 Å². The first kappa shape index (κ1) is 11.7. The Hall–Kier alpha value is -1.34. The normalized spacial score (nSPS) is 16.7. The number of nitrogens with one attached hydrogen (secondary N) is 1. The molecule has 82 valence electrons. The molecular formula is C11H18N4. The summed E-state index contributed by atoms with van der Waals surface area (Å²) < 4.78 is 2.09. The van der Waals surface area contributed by atoms with E-state index in [9.17, 15) is 0 Å². The first-order valence-electron chi connectivity index (χ1n) is 5.12. The summed E-state index contributed by atoms with van der Waals surface area (Å²) in [7, 11) is 1.82. The van der Waals surface area contributed by atoms with Gasteiger partial charge in [-0.05, 0) is 34.2 Å². The average Bonchev–Trinajstić information content (AvgIpc) is 2.64. The molecule has 4 heteroatoms. The largest absolute Gasteiger partial charge is 0.332 e. The maximum Gasteiger partial charge on any atom is 0.105 e. The van der Waals surface area contributed by atoms with Crippen LogP contribution >= 0.6 is 0 Å². The second kappa shape index (κ2) is 4.45. The number of rotatable bonds is 4. The van der Waals surface area contributed by atoms with Crippen LogP contribution in [0.4, 0.5) is 0 Å². The molecular weight excluding hydrogens is 188 g/mol. The lowest BCUT2D eigenvalue weighted by Crippen LogP contribution is -2.40. The zero-order valence-electron chi connectivity index (χ0n) is 9.78. The zero-order valence-corrected chi connectivity index (χ0v) is 9.78. The van der Waals surface area contributed by atoms with Crippen molar-refractivity contribution < 1.29 is 0 Å². The van der Waals surface area contributed by atoms with Crippen LogP contribution in [0.25, 0.3) is 0 Å². The fourth-order valence-corrected chi connectivity index (χ4v) is 1.75. The molecule has 2 atom stereocenters. The summed E-state index contributed by atoms with van der Waals surface area (Å²) in [6.07, 6.45) is 4.50. The van der Waals surface area contributed by atoms with Crippen LogP contribution in [0.15, 0.2) is 12.4 Å². The monoisotopic (exact) mass is 206 g/mol. The van der Waals surface area contributed by atoms with Gasteiger partial charge in [0.15, 0.2) is 0 Å².